The van der Waals surface area contributed by atoms with Crippen LogP contribution in [0.4, 0.5) is 5.69 Å². The summed E-state index contributed by atoms with van der Waals surface area (Å²) >= 11 is 5.80. The molecular weight excluding hydrogens is 442 g/mol. The maximum Gasteiger partial charge on any atom is 0.329 e. The van der Waals surface area contributed by atoms with Gasteiger partial charge >= 0.3 is 11.8 Å². The lowest BCUT2D eigenvalue weighted by molar-refractivity contribution is -0.136. The molecule has 0 aliphatic carbocycles. The number of carbonyl (C=O) groups is 2. The van der Waals surface area contributed by atoms with Crippen LogP contribution in [0.15, 0.2) is 71.8 Å². The minimum atomic E-state index is -0.899. The molecule has 170 valence electrons. The number of anilines is 1. The summed E-state index contributed by atoms with van der Waals surface area (Å²) in [7, 11) is 0. The monoisotopic (exact) mass is 465 g/mol. The van der Waals surface area contributed by atoms with E-state index in [1.165, 1.54) is 6.21 Å². The summed E-state index contributed by atoms with van der Waals surface area (Å²) in [4.78, 5) is 23.9. The van der Waals surface area contributed by atoms with Gasteiger partial charge < -0.3 is 14.8 Å². The van der Waals surface area contributed by atoms with Crippen molar-refractivity contribution >= 4 is 35.3 Å². The molecule has 3 aromatic carbocycles. The van der Waals surface area contributed by atoms with Crippen molar-refractivity contribution in [3.8, 4) is 11.5 Å². The molecule has 0 unspecified atom stereocenters. The molecule has 0 aliphatic rings. The SMILES string of the molecule is CCOc1cc(/C=N/NC(=O)C(=O)Nc2ccc(Cl)cc2)ccc1OCc1cccc(C)c1. The molecule has 0 fully saturated rings. The molecule has 3 aromatic rings. The Morgan fingerprint density at radius 1 is 0.970 bits per heavy atom. The number of nitrogens with one attached hydrogen (secondary N) is 2. The lowest BCUT2D eigenvalue weighted by atomic mass is 10.1. The van der Waals surface area contributed by atoms with Gasteiger partial charge in [0.25, 0.3) is 0 Å². The van der Waals surface area contributed by atoms with Crippen LogP contribution in [0.2, 0.25) is 5.02 Å². The van der Waals surface area contributed by atoms with E-state index in [0.29, 0.717) is 41.0 Å². The molecule has 2 amide bonds. The zero-order valence-corrected chi connectivity index (χ0v) is 19.1. The Bertz CT molecular complexity index is 1150. The number of hydrazone groups is 1. The van der Waals surface area contributed by atoms with E-state index in [0.717, 1.165) is 11.1 Å². The minimum Gasteiger partial charge on any atom is -0.490 e. The van der Waals surface area contributed by atoms with Crippen LogP contribution in [0.5, 0.6) is 11.5 Å². The van der Waals surface area contributed by atoms with E-state index in [2.05, 4.69) is 21.9 Å². The number of benzene rings is 3. The van der Waals surface area contributed by atoms with Gasteiger partial charge in [0.1, 0.15) is 6.61 Å². The van der Waals surface area contributed by atoms with E-state index < -0.39 is 11.8 Å². The molecule has 0 radical (unpaired) electrons. The van der Waals surface area contributed by atoms with Crippen molar-refractivity contribution in [2.75, 3.05) is 11.9 Å². The Hall–Kier alpha value is -3.84. The minimum absolute atomic E-state index is 0.411. The molecule has 33 heavy (non-hydrogen) atoms. The third kappa shape index (κ3) is 7.36. The zero-order valence-electron chi connectivity index (χ0n) is 18.3. The zero-order chi connectivity index (χ0) is 23.6. The van der Waals surface area contributed by atoms with Crippen molar-refractivity contribution < 1.29 is 19.1 Å². The van der Waals surface area contributed by atoms with Gasteiger partial charge in [0, 0.05) is 10.7 Å². The van der Waals surface area contributed by atoms with Crippen molar-refractivity contribution in [2.45, 2.75) is 20.5 Å². The van der Waals surface area contributed by atoms with Crippen LogP contribution in [-0.2, 0) is 16.2 Å². The largest absolute Gasteiger partial charge is 0.490 e. The first-order chi connectivity index (χ1) is 15.9. The second-order valence-electron chi connectivity index (χ2n) is 7.08. The number of ether oxygens (including phenoxy) is 2. The average molecular weight is 466 g/mol. The predicted molar refractivity (Wildman–Crippen MR) is 129 cm³/mol. The normalized spacial score (nSPS) is 10.6. The van der Waals surface area contributed by atoms with E-state index in [9.17, 15) is 9.59 Å². The number of amides is 2. The van der Waals surface area contributed by atoms with E-state index in [1.54, 1.807) is 42.5 Å². The van der Waals surface area contributed by atoms with Gasteiger partial charge in [0.2, 0.25) is 0 Å². The lowest BCUT2D eigenvalue weighted by Gasteiger charge is -2.13. The number of halogens is 1. The summed E-state index contributed by atoms with van der Waals surface area (Å²) in [6.45, 7) is 4.78. The first-order valence-corrected chi connectivity index (χ1v) is 10.7. The second-order valence-corrected chi connectivity index (χ2v) is 7.51. The fraction of sp³-hybridized carbons (Fsp3) is 0.160. The Balaban J connectivity index is 1.59. The maximum absolute atomic E-state index is 12.0. The van der Waals surface area contributed by atoms with Crippen LogP contribution in [0.3, 0.4) is 0 Å². The third-order valence-electron chi connectivity index (χ3n) is 4.43. The first-order valence-electron chi connectivity index (χ1n) is 10.3. The van der Waals surface area contributed by atoms with Crippen molar-refractivity contribution in [3.63, 3.8) is 0 Å². The number of hydrogen-bond donors (Lipinski definition) is 2. The number of carbonyl (C=O) groups excluding carboxylic acids is 2. The van der Waals surface area contributed by atoms with E-state index in [-0.39, 0.29) is 0 Å². The summed E-state index contributed by atoms with van der Waals surface area (Å²) in [6, 6.07) is 19.8. The van der Waals surface area contributed by atoms with Crippen LogP contribution in [0.1, 0.15) is 23.6 Å². The highest BCUT2D eigenvalue weighted by Crippen LogP contribution is 2.29. The van der Waals surface area contributed by atoms with Crippen molar-refractivity contribution in [2.24, 2.45) is 5.10 Å². The highest BCUT2D eigenvalue weighted by Gasteiger charge is 2.13. The van der Waals surface area contributed by atoms with Crippen LogP contribution >= 0.6 is 11.6 Å². The van der Waals surface area contributed by atoms with Crippen molar-refractivity contribution in [3.05, 3.63) is 88.4 Å². The molecule has 0 bridgehead atoms. The van der Waals surface area contributed by atoms with Crippen molar-refractivity contribution in [1.29, 1.82) is 0 Å². The molecule has 0 heterocycles. The van der Waals surface area contributed by atoms with Gasteiger partial charge in [-0.05, 0) is 67.4 Å². The van der Waals surface area contributed by atoms with E-state index in [1.807, 2.05) is 32.0 Å². The number of nitrogens with zero attached hydrogens (tertiary/aromatic N) is 1. The number of hydrogen-bond acceptors (Lipinski definition) is 5. The molecule has 3 rings (SSSR count). The van der Waals surface area contributed by atoms with E-state index in [4.69, 9.17) is 21.1 Å². The summed E-state index contributed by atoms with van der Waals surface area (Å²) < 4.78 is 11.6. The summed E-state index contributed by atoms with van der Waals surface area (Å²) in [5.41, 5.74) is 5.54. The van der Waals surface area contributed by atoms with Crippen molar-refractivity contribution in [1.82, 2.24) is 5.43 Å². The Kier molecular flexibility index (Phi) is 8.43. The van der Waals surface area contributed by atoms with Crippen LogP contribution in [0.25, 0.3) is 0 Å². The maximum atomic E-state index is 12.0. The summed E-state index contributed by atoms with van der Waals surface area (Å²) in [5.74, 6) is -0.587. The smallest absolute Gasteiger partial charge is 0.329 e. The Morgan fingerprint density at radius 3 is 2.48 bits per heavy atom. The Labute approximate surface area is 197 Å². The van der Waals surface area contributed by atoms with Gasteiger partial charge in [-0.1, -0.05) is 41.4 Å². The van der Waals surface area contributed by atoms with Gasteiger partial charge in [-0.25, -0.2) is 5.43 Å². The lowest BCUT2D eigenvalue weighted by Crippen LogP contribution is -2.32. The number of aryl methyl sites for hydroxylation is 1. The van der Waals surface area contributed by atoms with Crippen LogP contribution in [0, 0.1) is 6.92 Å². The van der Waals surface area contributed by atoms with Gasteiger partial charge in [-0.3, -0.25) is 9.59 Å². The second kappa shape index (κ2) is 11.7. The molecule has 0 saturated carbocycles. The molecule has 0 saturated heterocycles. The molecule has 0 atom stereocenters. The number of rotatable bonds is 8. The van der Waals surface area contributed by atoms with E-state index >= 15 is 0 Å². The van der Waals surface area contributed by atoms with Gasteiger partial charge in [-0.15, -0.1) is 0 Å². The Morgan fingerprint density at radius 2 is 1.76 bits per heavy atom. The van der Waals surface area contributed by atoms with Gasteiger partial charge in [0.15, 0.2) is 11.5 Å². The highest BCUT2D eigenvalue weighted by molar-refractivity contribution is 6.39. The molecular formula is C25H24ClN3O4. The fourth-order valence-corrected chi connectivity index (χ4v) is 3.02. The predicted octanol–water partition coefficient (Wildman–Crippen LogP) is 4.71. The molecule has 0 aromatic heterocycles. The van der Waals surface area contributed by atoms with Crippen LogP contribution < -0.4 is 20.2 Å². The molecule has 7 nitrogen and oxygen atoms in total. The third-order valence-corrected chi connectivity index (χ3v) is 4.68. The first kappa shape index (κ1) is 23.8. The average Bonchev–Trinajstić information content (AvgIpc) is 2.80. The molecule has 0 spiro atoms. The fourth-order valence-electron chi connectivity index (χ4n) is 2.89. The van der Waals surface area contributed by atoms with Crippen LogP contribution in [-0.4, -0.2) is 24.6 Å². The molecule has 2 N–H and O–H groups in total. The standard InChI is InChI=1S/C25H24ClN3O4/c1-3-32-23-14-18(7-12-22(23)33-16-19-6-4-5-17(2)13-19)15-27-29-25(31)24(30)28-21-10-8-20(26)9-11-21/h4-15H,3,16H2,1-2H3,(H,28,30)(H,29,31)/b27-15+. The van der Waals surface area contributed by atoms with Gasteiger partial charge in [0.05, 0.1) is 12.8 Å². The molecule has 8 heteroatoms. The topological polar surface area (TPSA) is 89.0 Å². The highest BCUT2D eigenvalue weighted by atomic mass is 35.5. The quantitative estimate of drug-likeness (QED) is 0.286. The molecule has 0 aliphatic heterocycles. The summed E-state index contributed by atoms with van der Waals surface area (Å²) in [5, 5.41) is 6.84. The van der Waals surface area contributed by atoms with Gasteiger partial charge in [-0.2, -0.15) is 5.10 Å². The summed E-state index contributed by atoms with van der Waals surface area (Å²) in [6.07, 6.45) is 1.42.